The smallest absolute Gasteiger partial charge is 0.310 e. The monoisotopic (exact) mass is 159 g/mol. The Morgan fingerprint density at radius 3 is 2.27 bits per heavy atom. The Kier molecular flexibility index (Phi) is 3.52. The molecule has 1 atom stereocenters. The molecule has 0 bridgehead atoms. The van der Waals surface area contributed by atoms with Crippen LogP contribution >= 0.6 is 0 Å². The number of hydrogen-bond donors (Lipinski definition) is 1. The number of nitrogens with two attached hydrogens (primary N) is 1. The molecule has 0 aromatic heterocycles. The van der Waals surface area contributed by atoms with Crippen LogP contribution in [0.15, 0.2) is 0 Å². The summed E-state index contributed by atoms with van der Waals surface area (Å²) in [7, 11) is 0. The van der Waals surface area contributed by atoms with Crippen LogP contribution in [0.4, 0.5) is 0 Å². The Bertz CT molecular complexity index is 138. The van der Waals surface area contributed by atoms with Gasteiger partial charge in [0.1, 0.15) is 5.60 Å². The van der Waals surface area contributed by atoms with E-state index in [1.54, 1.807) is 6.92 Å². The molecule has 0 heterocycles. The summed E-state index contributed by atoms with van der Waals surface area (Å²) in [6.45, 7) is 7.62. The van der Waals surface area contributed by atoms with Crippen molar-refractivity contribution in [2.45, 2.75) is 33.3 Å². The second-order valence-corrected chi connectivity index (χ2v) is 3.67. The molecule has 0 amide bonds. The Hall–Kier alpha value is -0.570. The standard InChI is InChI=1S/C8H17NO2/c1-6(5-9)7(10)11-8(2,3)4/h6H,5,9H2,1-4H3/t6-/m1/s1. The topological polar surface area (TPSA) is 52.3 Å². The van der Waals surface area contributed by atoms with E-state index in [1.165, 1.54) is 0 Å². The molecule has 3 nitrogen and oxygen atoms in total. The second kappa shape index (κ2) is 3.72. The summed E-state index contributed by atoms with van der Waals surface area (Å²) >= 11 is 0. The summed E-state index contributed by atoms with van der Waals surface area (Å²) in [5.74, 6) is -0.422. The van der Waals surface area contributed by atoms with Gasteiger partial charge in [0.05, 0.1) is 5.92 Å². The molecule has 66 valence electrons. The van der Waals surface area contributed by atoms with Crippen LogP contribution in [-0.2, 0) is 9.53 Å². The summed E-state index contributed by atoms with van der Waals surface area (Å²) in [4.78, 5) is 11.1. The summed E-state index contributed by atoms with van der Waals surface area (Å²) in [6, 6.07) is 0. The molecule has 11 heavy (non-hydrogen) atoms. The van der Waals surface area contributed by atoms with Crippen molar-refractivity contribution in [1.82, 2.24) is 0 Å². The largest absolute Gasteiger partial charge is 0.460 e. The molecule has 0 aliphatic rings. The molecule has 0 unspecified atom stereocenters. The molecule has 0 fully saturated rings. The van der Waals surface area contributed by atoms with Gasteiger partial charge in [0.15, 0.2) is 0 Å². The van der Waals surface area contributed by atoms with E-state index in [2.05, 4.69) is 0 Å². The molecule has 0 aromatic rings. The van der Waals surface area contributed by atoms with Crippen LogP contribution in [0.1, 0.15) is 27.7 Å². The Labute approximate surface area is 67.9 Å². The number of carbonyl (C=O) groups excluding carboxylic acids is 1. The minimum Gasteiger partial charge on any atom is -0.460 e. The van der Waals surface area contributed by atoms with E-state index in [1.807, 2.05) is 20.8 Å². The fourth-order valence-electron chi connectivity index (χ4n) is 0.499. The SMILES string of the molecule is C[C@H](CN)C(=O)OC(C)(C)C. The molecule has 0 aromatic carbocycles. The minimum absolute atomic E-state index is 0.200. The lowest BCUT2D eigenvalue weighted by Crippen LogP contribution is -2.30. The minimum atomic E-state index is -0.402. The van der Waals surface area contributed by atoms with Gasteiger partial charge in [-0.2, -0.15) is 0 Å². The average Bonchev–Trinajstić information content (AvgIpc) is 1.82. The van der Waals surface area contributed by atoms with Crippen molar-refractivity contribution in [3.8, 4) is 0 Å². The highest BCUT2D eigenvalue weighted by molar-refractivity contribution is 5.72. The van der Waals surface area contributed by atoms with Crippen LogP contribution in [0.2, 0.25) is 0 Å². The van der Waals surface area contributed by atoms with Crippen molar-refractivity contribution in [1.29, 1.82) is 0 Å². The molecular formula is C8H17NO2. The maximum atomic E-state index is 11.1. The third kappa shape index (κ3) is 4.79. The van der Waals surface area contributed by atoms with Crippen molar-refractivity contribution in [3.05, 3.63) is 0 Å². The first kappa shape index (κ1) is 10.4. The summed E-state index contributed by atoms with van der Waals surface area (Å²) in [5.41, 5.74) is 4.89. The van der Waals surface area contributed by atoms with E-state index in [4.69, 9.17) is 10.5 Å². The van der Waals surface area contributed by atoms with Gasteiger partial charge in [-0.3, -0.25) is 4.79 Å². The maximum Gasteiger partial charge on any atom is 0.310 e. The predicted molar refractivity (Wildman–Crippen MR) is 44.1 cm³/mol. The lowest BCUT2D eigenvalue weighted by Gasteiger charge is -2.21. The number of carbonyl (C=O) groups is 1. The molecule has 0 radical (unpaired) electrons. The molecule has 3 heteroatoms. The van der Waals surface area contributed by atoms with Crippen molar-refractivity contribution in [3.63, 3.8) is 0 Å². The molecule has 2 N–H and O–H groups in total. The Morgan fingerprint density at radius 2 is 2.00 bits per heavy atom. The van der Waals surface area contributed by atoms with Gasteiger partial charge >= 0.3 is 5.97 Å². The normalized spacial score (nSPS) is 14.3. The van der Waals surface area contributed by atoms with Gasteiger partial charge in [-0.15, -0.1) is 0 Å². The van der Waals surface area contributed by atoms with Crippen molar-refractivity contribution in [2.75, 3.05) is 6.54 Å². The first-order chi connectivity index (χ1) is 4.87. The third-order valence-corrected chi connectivity index (χ3v) is 1.16. The number of rotatable bonds is 2. The molecule has 0 aliphatic heterocycles. The Balaban J connectivity index is 3.88. The zero-order chi connectivity index (χ0) is 9.07. The van der Waals surface area contributed by atoms with E-state index in [9.17, 15) is 4.79 Å². The first-order valence-electron chi connectivity index (χ1n) is 3.79. The fraction of sp³-hybridized carbons (Fsp3) is 0.875. The van der Waals surface area contributed by atoms with Gasteiger partial charge in [-0.05, 0) is 20.8 Å². The van der Waals surface area contributed by atoms with Crippen LogP contribution in [0.5, 0.6) is 0 Å². The first-order valence-corrected chi connectivity index (χ1v) is 3.79. The lowest BCUT2D eigenvalue weighted by molar-refractivity contribution is -0.158. The molecule has 0 aliphatic carbocycles. The maximum absolute atomic E-state index is 11.1. The number of ether oxygens (including phenoxy) is 1. The van der Waals surface area contributed by atoms with E-state index >= 15 is 0 Å². The van der Waals surface area contributed by atoms with E-state index in [-0.39, 0.29) is 11.9 Å². The fourth-order valence-corrected chi connectivity index (χ4v) is 0.499. The lowest BCUT2D eigenvalue weighted by atomic mass is 10.1. The van der Waals surface area contributed by atoms with Crippen LogP contribution < -0.4 is 5.73 Å². The number of hydrogen-bond acceptors (Lipinski definition) is 3. The quantitative estimate of drug-likeness (QED) is 0.610. The number of esters is 1. The molecule has 0 rings (SSSR count). The van der Waals surface area contributed by atoms with E-state index in [0.717, 1.165) is 0 Å². The molecular weight excluding hydrogens is 142 g/mol. The average molecular weight is 159 g/mol. The van der Waals surface area contributed by atoms with Gasteiger partial charge in [-0.25, -0.2) is 0 Å². The van der Waals surface area contributed by atoms with E-state index in [0.29, 0.717) is 6.54 Å². The van der Waals surface area contributed by atoms with Gasteiger partial charge in [0, 0.05) is 6.54 Å². The van der Waals surface area contributed by atoms with Gasteiger partial charge < -0.3 is 10.5 Å². The van der Waals surface area contributed by atoms with Crippen LogP contribution in [0, 0.1) is 5.92 Å². The van der Waals surface area contributed by atoms with Crippen LogP contribution in [0.25, 0.3) is 0 Å². The molecule has 0 spiro atoms. The summed E-state index contributed by atoms with van der Waals surface area (Å²) in [5, 5.41) is 0. The van der Waals surface area contributed by atoms with Gasteiger partial charge in [0.2, 0.25) is 0 Å². The zero-order valence-corrected chi connectivity index (χ0v) is 7.68. The zero-order valence-electron chi connectivity index (χ0n) is 7.68. The van der Waals surface area contributed by atoms with Gasteiger partial charge in [0.25, 0.3) is 0 Å². The molecule has 0 saturated heterocycles. The van der Waals surface area contributed by atoms with E-state index < -0.39 is 5.60 Å². The highest BCUT2D eigenvalue weighted by Gasteiger charge is 2.20. The molecule has 0 saturated carbocycles. The second-order valence-electron chi connectivity index (χ2n) is 3.67. The highest BCUT2D eigenvalue weighted by atomic mass is 16.6. The van der Waals surface area contributed by atoms with Crippen molar-refractivity contribution >= 4 is 5.97 Å². The summed E-state index contributed by atoms with van der Waals surface area (Å²) < 4.78 is 5.07. The van der Waals surface area contributed by atoms with Crippen LogP contribution in [-0.4, -0.2) is 18.1 Å². The van der Waals surface area contributed by atoms with Crippen LogP contribution in [0.3, 0.4) is 0 Å². The highest BCUT2D eigenvalue weighted by Crippen LogP contribution is 2.09. The van der Waals surface area contributed by atoms with Gasteiger partial charge in [-0.1, -0.05) is 6.92 Å². The van der Waals surface area contributed by atoms with Crippen molar-refractivity contribution in [2.24, 2.45) is 11.7 Å². The Morgan fingerprint density at radius 1 is 1.55 bits per heavy atom. The van der Waals surface area contributed by atoms with Crippen molar-refractivity contribution < 1.29 is 9.53 Å². The summed E-state index contributed by atoms with van der Waals surface area (Å²) in [6.07, 6.45) is 0. The third-order valence-electron chi connectivity index (χ3n) is 1.16. The predicted octanol–water partition coefficient (Wildman–Crippen LogP) is 0.923.